The van der Waals surface area contributed by atoms with Crippen LogP contribution in [-0.2, 0) is 11.2 Å². The molecule has 4 nitrogen and oxygen atoms in total. The van der Waals surface area contributed by atoms with Gasteiger partial charge < -0.3 is 14.8 Å². The monoisotopic (exact) mass is 248 g/mol. The van der Waals surface area contributed by atoms with Crippen molar-refractivity contribution in [2.75, 3.05) is 12.4 Å². The third-order valence-corrected chi connectivity index (χ3v) is 2.99. The second kappa shape index (κ2) is 5.45. The van der Waals surface area contributed by atoms with E-state index in [-0.39, 0.29) is 0 Å². The fourth-order valence-electron chi connectivity index (χ4n) is 1.34. The lowest BCUT2D eigenvalue weighted by molar-refractivity contribution is -0.107. The Morgan fingerprint density at radius 2 is 2.18 bits per heavy atom. The van der Waals surface area contributed by atoms with E-state index < -0.39 is 0 Å². The number of methoxy groups -OCH3 is 1. The van der Waals surface area contributed by atoms with E-state index in [0.717, 1.165) is 28.5 Å². The zero-order chi connectivity index (χ0) is 12.1. The molecule has 0 saturated heterocycles. The molecule has 0 radical (unpaired) electrons. The lowest BCUT2D eigenvalue weighted by atomic mass is 10.3. The highest BCUT2D eigenvalue weighted by atomic mass is 32.1. The van der Waals surface area contributed by atoms with Crippen LogP contribution in [0.15, 0.2) is 29.6 Å². The smallest absolute Gasteiger partial charge is 0.187 e. The van der Waals surface area contributed by atoms with Gasteiger partial charge in [0, 0.05) is 17.5 Å². The van der Waals surface area contributed by atoms with E-state index in [4.69, 9.17) is 4.74 Å². The number of aldehydes is 1. The number of nitrogens with one attached hydrogen (secondary N) is 1. The molecule has 0 saturated carbocycles. The van der Waals surface area contributed by atoms with Gasteiger partial charge in [-0.1, -0.05) is 0 Å². The van der Waals surface area contributed by atoms with Crippen LogP contribution < -0.4 is 10.1 Å². The van der Waals surface area contributed by atoms with Gasteiger partial charge in [0.15, 0.2) is 5.13 Å². The van der Waals surface area contributed by atoms with E-state index >= 15 is 0 Å². The average molecular weight is 248 g/mol. The molecule has 2 aromatic rings. The number of nitrogens with zero attached hydrogens (tertiary/aromatic N) is 1. The van der Waals surface area contributed by atoms with Crippen molar-refractivity contribution in [3.05, 3.63) is 35.3 Å². The first-order valence-electron chi connectivity index (χ1n) is 5.11. The standard InChI is InChI=1S/C12H12N2O2S/c1-16-11-4-2-9(3-5-11)13-12-14-10(6-7-15)8-17-12/h2-5,7-8H,6H2,1H3,(H,13,14). The first-order chi connectivity index (χ1) is 8.31. The molecule has 2 rings (SSSR count). The predicted molar refractivity (Wildman–Crippen MR) is 68.2 cm³/mol. The number of carbonyl (C=O) groups excluding carboxylic acids is 1. The van der Waals surface area contributed by atoms with Crippen LogP contribution in [0.1, 0.15) is 5.69 Å². The van der Waals surface area contributed by atoms with Crippen LogP contribution in [0.3, 0.4) is 0 Å². The molecule has 0 aliphatic carbocycles. The summed E-state index contributed by atoms with van der Waals surface area (Å²) in [5, 5.41) is 5.83. The molecule has 17 heavy (non-hydrogen) atoms. The number of aromatic nitrogens is 1. The first-order valence-corrected chi connectivity index (χ1v) is 5.99. The summed E-state index contributed by atoms with van der Waals surface area (Å²) in [6.07, 6.45) is 1.22. The Kier molecular flexibility index (Phi) is 3.72. The van der Waals surface area contributed by atoms with Crippen LogP contribution >= 0.6 is 11.3 Å². The molecule has 1 aromatic carbocycles. The van der Waals surface area contributed by atoms with Gasteiger partial charge in [0.25, 0.3) is 0 Å². The van der Waals surface area contributed by atoms with E-state index in [0.29, 0.717) is 6.42 Å². The van der Waals surface area contributed by atoms with Crippen molar-refractivity contribution in [2.24, 2.45) is 0 Å². The average Bonchev–Trinajstić information content (AvgIpc) is 2.78. The summed E-state index contributed by atoms with van der Waals surface area (Å²) in [7, 11) is 1.63. The topological polar surface area (TPSA) is 51.2 Å². The zero-order valence-electron chi connectivity index (χ0n) is 9.34. The summed E-state index contributed by atoms with van der Waals surface area (Å²) in [6, 6.07) is 7.59. The Balaban J connectivity index is 2.05. The summed E-state index contributed by atoms with van der Waals surface area (Å²) in [6.45, 7) is 0. The highest BCUT2D eigenvalue weighted by molar-refractivity contribution is 7.13. The van der Waals surface area contributed by atoms with Crippen molar-refractivity contribution >= 4 is 28.4 Å². The third kappa shape index (κ3) is 3.04. The summed E-state index contributed by atoms with van der Waals surface area (Å²) in [5.74, 6) is 0.816. The molecule has 88 valence electrons. The molecule has 0 aliphatic heterocycles. The molecule has 0 bridgehead atoms. The minimum Gasteiger partial charge on any atom is -0.497 e. The number of hydrogen-bond donors (Lipinski definition) is 1. The summed E-state index contributed by atoms with van der Waals surface area (Å²) < 4.78 is 5.08. The largest absolute Gasteiger partial charge is 0.497 e. The Labute approximate surface area is 103 Å². The molecule has 1 heterocycles. The minimum absolute atomic E-state index is 0.362. The highest BCUT2D eigenvalue weighted by Gasteiger charge is 2.01. The van der Waals surface area contributed by atoms with Gasteiger partial charge in [-0.15, -0.1) is 11.3 Å². The van der Waals surface area contributed by atoms with Crippen LogP contribution in [0, 0.1) is 0 Å². The molecule has 5 heteroatoms. The van der Waals surface area contributed by atoms with Crippen molar-refractivity contribution < 1.29 is 9.53 Å². The Hall–Kier alpha value is -1.88. The van der Waals surface area contributed by atoms with Crippen LogP contribution in [0.2, 0.25) is 0 Å². The van der Waals surface area contributed by atoms with Crippen molar-refractivity contribution in [2.45, 2.75) is 6.42 Å². The lowest BCUT2D eigenvalue weighted by Crippen LogP contribution is -1.91. The molecular weight excluding hydrogens is 236 g/mol. The second-order valence-corrected chi connectivity index (χ2v) is 4.23. The number of carbonyl (C=O) groups is 1. The van der Waals surface area contributed by atoms with Gasteiger partial charge in [-0.2, -0.15) is 0 Å². The van der Waals surface area contributed by atoms with Gasteiger partial charge in [-0.25, -0.2) is 4.98 Å². The third-order valence-electron chi connectivity index (χ3n) is 2.19. The maximum absolute atomic E-state index is 10.3. The number of ether oxygens (including phenoxy) is 1. The fourth-order valence-corrected chi connectivity index (χ4v) is 2.08. The molecule has 1 N–H and O–H groups in total. The maximum atomic E-state index is 10.3. The second-order valence-electron chi connectivity index (χ2n) is 3.37. The van der Waals surface area contributed by atoms with Crippen molar-refractivity contribution in [3.8, 4) is 5.75 Å². The Morgan fingerprint density at radius 1 is 1.41 bits per heavy atom. The Morgan fingerprint density at radius 3 is 2.82 bits per heavy atom. The fraction of sp³-hybridized carbons (Fsp3) is 0.167. The van der Waals surface area contributed by atoms with Crippen LogP contribution in [-0.4, -0.2) is 18.4 Å². The van der Waals surface area contributed by atoms with Gasteiger partial charge >= 0.3 is 0 Å². The van der Waals surface area contributed by atoms with Crippen molar-refractivity contribution in [1.29, 1.82) is 0 Å². The molecule has 0 fully saturated rings. The van der Waals surface area contributed by atoms with Gasteiger partial charge in [0.2, 0.25) is 0 Å². The number of rotatable bonds is 5. The lowest BCUT2D eigenvalue weighted by Gasteiger charge is -2.03. The van der Waals surface area contributed by atoms with Crippen molar-refractivity contribution in [1.82, 2.24) is 4.98 Å². The minimum atomic E-state index is 0.362. The van der Waals surface area contributed by atoms with Gasteiger partial charge in [-0.3, -0.25) is 0 Å². The molecule has 0 unspecified atom stereocenters. The van der Waals surface area contributed by atoms with Crippen LogP contribution in [0.4, 0.5) is 10.8 Å². The number of thiazole rings is 1. The normalized spacial score (nSPS) is 9.94. The Bertz CT molecular complexity index is 493. The summed E-state index contributed by atoms with van der Waals surface area (Å²) in [4.78, 5) is 14.6. The van der Waals surface area contributed by atoms with Crippen LogP contribution in [0.5, 0.6) is 5.75 Å². The summed E-state index contributed by atoms with van der Waals surface area (Å²) >= 11 is 1.48. The SMILES string of the molecule is COc1ccc(Nc2nc(CC=O)cs2)cc1. The first kappa shape index (κ1) is 11.6. The van der Waals surface area contributed by atoms with Crippen LogP contribution in [0.25, 0.3) is 0 Å². The molecule has 0 amide bonds. The number of benzene rings is 1. The van der Waals surface area contributed by atoms with E-state index in [1.807, 2.05) is 29.6 Å². The molecule has 0 atom stereocenters. The maximum Gasteiger partial charge on any atom is 0.187 e. The highest BCUT2D eigenvalue weighted by Crippen LogP contribution is 2.22. The van der Waals surface area contributed by atoms with Gasteiger partial charge in [-0.05, 0) is 24.3 Å². The molecule has 0 spiro atoms. The van der Waals surface area contributed by atoms with E-state index in [1.165, 1.54) is 11.3 Å². The van der Waals surface area contributed by atoms with E-state index in [2.05, 4.69) is 10.3 Å². The molecule has 1 aromatic heterocycles. The molecular formula is C12H12N2O2S. The number of hydrogen-bond acceptors (Lipinski definition) is 5. The summed E-state index contributed by atoms with van der Waals surface area (Å²) in [5.41, 5.74) is 1.74. The quantitative estimate of drug-likeness (QED) is 0.826. The van der Waals surface area contributed by atoms with E-state index in [9.17, 15) is 4.79 Å². The zero-order valence-corrected chi connectivity index (χ0v) is 10.2. The number of anilines is 2. The van der Waals surface area contributed by atoms with Gasteiger partial charge in [0.05, 0.1) is 12.8 Å². The van der Waals surface area contributed by atoms with E-state index in [1.54, 1.807) is 7.11 Å². The van der Waals surface area contributed by atoms with Gasteiger partial charge in [0.1, 0.15) is 12.0 Å². The predicted octanol–water partition coefficient (Wildman–Crippen LogP) is 2.64. The van der Waals surface area contributed by atoms with Crippen molar-refractivity contribution in [3.63, 3.8) is 0 Å². The molecule has 0 aliphatic rings.